The van der Waals surface area contributed by atoms with Crippen molar-refractivity contribution in [2.45, 2.75) is 33.1 Å². The van der Waals surface area contributed by atoms with Crippen LogP contribution in [0.5, 0.6) is 11.5 Å². The second-order valence-electron chi connectivity index (χ2n) is 9.43. The van der Waals surface area contributed by atoms with Crippen LogP contribution in [-0.4, -0.2) is 35.0 Å². The van der Waals surface area contributed by atoms with E-state index >= 15 is 0 Å². The minimum Gasteiger partial charge on any atom is -0.490 e. The van der Waals surface area contributed by atoms with Crippen LogP contribution in [0, 0.1) is 5.82 Å². The zero-order valence-corrected chi connectivity index (χ0v) is 24.6. The quantitative estimate of drug-likeness (QED) is 0.154. The number of aromatic nitrogens is 2. The van der Waals surface area contributed by atoms with Gasteiger partial charge in [-0.15, -0.1) is 6.58 Å². The third-order valence-electron chi connectivity index (χ3n) is 5.95. The van der Waals surface area contributed by atoms with Crippen molar-refractivity contribution in [3.05, 3.63) is 105 Å². The summed E-state index contributed by atoms with van der Waals surface area (Å²) in [6, 6.07) is 14.5. The van der Waals surface area contributed by atoms with Crippen LogP contribution in [-0.2, 0) is 11.2 Å². The molecule has 8 nitrogen and oxygen atoms in total. The SMILES string of the molecule is C=CCc1cc(C=Nn2c(C(C)C)nc3ccc(Br)cc3c2=O)cc(OCC)c1OCC(=O)Nc1cccc(F)c1. The van der Waals surface area contributed by atoms with Gasteiger partial charge in [-0.1, -0.05) is 41.9 Å². The Kier molecular flexibility index (Phi) is 9.67. The van der Waals surface area contributed by atoms with Gasteiger partial charge in [0.25, 0.3) is 11.5 Å². The summed E-state index contributed by atoms with van der Waals surface area (Å²) >= 11 is 3.42. The van der Waals surface area contributed by atoms with E-state index < -0.39 is 11.7 Å². The van der Waals surface area contributed by atoms with Gasteiger partial charge in [-0.3, -0.25) is 9.59 Å². The van der Waals surface area contributed by atoms with Crippen LogP contribution in [0.4, 0.5) is 10.1 Å². The Morgan fingerprint density at radius 3 is 2.71 bits per heavy atom. The zero-order valence-electron chi connectivity index (χ0n) is 23.0. The average molecular weight is 622 g/mol. The van der Waals surface area contributed by atoms with E-state index in [1.54, 1.807) is 36.6 Å². The van der Waals surface area contributed by atoms with E-state index in [1.165, 1.54) is 22.9 Å². The summed E-state index contributed by atoms with van der Waals surface area (Å²) in [5, 5.41) is 7.58. The number of anilines is 1. The lowest BCUT2D eigenvalue weighted by atomic mass is 10.1. The van der Waals surface area contributed by atoms with Crippen LogP contribution in [0.3, 0.4) is 0 Å². The number of hydrogen-bond donors (Lipinski definition) is 1. The Labute approximate surface area is 245 Å². The molecular weight excluding hydrogens is 591 g/mol. The molecule has 0 aliphatic carbocycles. The first kappa shape index (κ1) is 29.7. The lowest BCUT2D eigenvalue weighted by Crippen LogP contribution is -2.23. The minimum atomic E-state index is -0.456. The molecule has 0 bridgehead atoms. The highest BCUT2D eigenvalue weighted by Gasteiger charge is 2.17. The molecule has 4 rings (SSSR count). The summed E-state index contributed by atoms with van der Waals surface area (Å²) in [4.78, 5) is 30.6. The zero-order chi connectivity index (χ0) is 29.5. The number of rotatable bonds is 11. The van der Waals surface area contributed by atoms with Gasteiger partial charge in [0, 0.05) is 21.6 Å². The van der Waals surface area contributed by atoms with E-state index in [-0.39, 0.29) is 18.1 Å². The number of hydrogen-bond acceptors (Lipinski definition) is 6. The van der Waals surface area contributed by atoms with Gasteiger partial charge in [-0.2, -0.15) is 9.78 Å². The summed E-state index contributed by atoms with van der Waals surface area (Å²) in [5.74, 6) is 0.353. The molecule has 0 radical (unpaired) electrons. The molecule has 1 heterocycles. The van der Waals surface area contributed by atoms with Crippen molar-refractivity contribution in [3.8, 4) is 11.5 Å². The summed E-state index contributed by atoms with van der Waals surface area (Å²) in [7, 11) is 0. The second kappa shape index (κ2) is 13.4. The molecule has 0 aliphatic rings. The molecule has 0 fully saturated rings. The number of nitrogens with zero attached hydrogens (tertiary/aromatic N) is 3. The van der Waals surface area contributed by atoms with E-state index in [4.69, 9.17) is 9.47 Å². The molecule has 0 unspecified atom stereocenters. The lowest BCUT2D eigenvalue weighted by Gasteiger charge is -2.17. The summed E-state index contributed by atoms with van der Waals surface area (Å²) in [5.41, 5.74) is 2.01. The van der Waals surface area contributed by atoms with Crippen molar-refractivity contribution in [2.24, 2.45) is 5.10 Å². The first-order chi connectivity index (χ1) is 19.7. The summed E-state index contributed by atoms with van der Waals surface area (Å²) < 4.78 is 27.3. The number of halogens is 2. The number of allylic oxidation sites excluding steroid dienone is 1. The van der Waals surface area contributed by atoms with Crippen LogP contribution in [0.25, 0.3) is 10.9 Å². The van der Waals surface area contributed by atoms with Gasteiger partial charge in [-0.25, -0.2) is 9.37 Å². The van der Waals surface area contributed by atoms with Crippen LogP contribution < -0.4 is 20.3 Å². The first-order valence-electron chi connectivity index (χ1n) is 13.1. The Morgan fingerprint density at radius 2 is 2.00 bits per heavy atom. The van der Waals surface area contributed by atoms with Crippen LogP contribution in [0.15, 0.2) is 81.6 Å². The van der Waals surface area contributed by atoms with Gasteiger partial charge in [0.15, 0.2) is 18.1 Å². The number of ether oxygens (including phenoxy) is 2. The van der Waals surface area contributed by atoms with Crippen LogP contribution >= 0.6 is 15.9 Å². The molecule has 0 saturated carbocycles. The van der Waals surface area contributed by atoms with Gasteiger partial charge < -0.3 is 14.8 Å². The Bertz CT molecular complexity index is 1680. The maximum atomic E-state index is 13.5. The van der Waals surface area contributed by atoms with Crippen molar-refractivity contribution in [2.75, 3.05) is 18.5 Å². The third-order valence-corrected chi connectivity index (χ3v) is 6.44. The van der Waals surface area contributed by atoms with E-state index in [0.29, 0.717) is 58.1 Å². The minimum absolute atomic E-state index is 0.0579. The van der Waals surface area contributed by atoms with Crippen molar-refractivity contribution in [1.82, 2.24) is 9.66 Å². The number of carbonyl (C=O) groups is 1. The van der Waals surface area contributed by atoms with Crippen molar-refractivity contribution >= 4 is 44.6 Å². The molecule has 1 amide bonds. The summed E-state index contributed by atoms with van der Waals surface area (Å²) in [6.45, 7) is 9.59. The maximum Gasteiger partial charge on any atom is 0.282 e. The smallest absolute Gasteiger partial charge is 0.282 e. The molecule has 41 heavy (non-hydrogen) atoms. The highest BCUT2D eigenvalue weighted by Crippen LogP contribution is 2.34. The molecule has 4 aromatic rings. The average Bonchev–Trinajstić information content (AvgIpc) is 2.92. The molecule has 0 spiro atoms. The predicted molar refractivity (Wildman–Crippen MR) is 163 cm³/mol. The molecule has 0 aliphatic heterocycles. The van der Waals surface area contributed by atoms with E-state index in [9.17, 15) is 14.0 Å². The largest absolute Gasteiger partial charge is 0.490 e. The molecule has 212 valence electrons. The molecule has 1 aromatic heterocycles. The predicted octanol–water partition coefficient (Wildman–Crippen LogP) is 6.45. The number of nitrogens with one attached hydrogen (secondary N) is 1. The molecule has 0 saturated heterocycles. The number of benzene rings is 3. The molecule has 1 N–H and O–H groups in total. The van der Waals surface area contributed by atoms with Gasteiger partial charge in [0.2, 0.25) is 0 Å². The van der Waals surface area contributed by atoms with Gasteiger partial charge >= 0.3 is 0 Å². The van der Waals surface area contributed by atoms with E-state index in [0.717, 1.165) is 4.47 Å². The monoisotopic (exact) mass is 620 g/mol. The number of fused-ring (bicyclic) bond motifs is 1. The van der Waals surface area contributed by atoms with Gasteiger partial charge in [0.05, 0.1) is 23.7 Å². The molecular formula is C31H30BrFN4O4. The lowest BCUT2D eigenvalue weighted by molar-refractivity contribution is -0.118. The van der Waals surface area contributed by atoms with E-state index in [1.807, 2.05) is 32.9 Å². The number of amides is 1. The second-order valence-corrected chi connectivity index (χ2v) is 10.3. The topological polar surface area (TPSA) is 94.8 Å². The molecule has 0 atom stereocenters. The maximum absolute atomic E-state index is 13.5. The van der Waals surface area contributed by atoms with Crippen LogP contribution in [0.2, 0.25) is 0 Å². The fourth-order valence-electron chi connectivity index (χ4n) is 4.17. The fourth-order valence-corrected chi connectivity index (χ4v) is 4.53. The highest BCUT2D eigenvalue weighted by atomic mass is 79.9. The number of carbonyl (C=O) groups excluding carboxylic acids is 1. The Hall–Kier alpha value is -4.31. The Morgan fingerprint density at radius 1 is 1.20 bits per heavy atom. The highest BCUT2D eigenvalue weighted by molar-refractivity contribution is 9.10. The normalized spacial score (nSPS) is 11.3. The van der Waals surface area contributed by atoms with Gasteiger partial charge in [-0.05, 0) is 67.4 Å². The standard InChI is InChI=1S/C31H30BrFN4O4/c1-5-8-21-13-20(17-34-37-30(19(3)4)36-26-12-11-22(32)15-25(26)31(37)39)14-27(40-6-2)29(21)41-18-28(38)35-24-10-7-9-23(33)16-24/h5,7,9-17,19H,1,6,8,18H2,2-4H3,(H,35,38). The van der Waals surface area contributed by atoms with Crippen molar-refractivity contribution < 1.29 is 18.7 Å². The molecule has 10 heteroatoms. The van der Waals surface area contributed by atoms with E-state index in [2.05, 4.69) is 37.9 Å². The molecule has 3 aromatic carbocycles. The summed E-state index contributed by atoms with van der Waals surface area (Å²) in [6.07, 6.45) is 3.69. The third kappa shape index (κ3) is 7.26. The van der Waals surface area contributed by atoms with Gasteiger partial charge in [0.1, 0.15) is 11.6 Å². The fraction of sp³-hybridized carbons (Fsp3) is 0.226. The van der Waals surface area contributed by atoms with Crippen LogP contribution in [0.1, 0.15) is 43.6 Å². The van der Waals surface area contributed by atoms with Crippen molar-refractivity contribution in [3.63, 3.8) is 0 Å². The Balaban J connectivity index is 1.67. The first-order valence-corrected chi connectivity index (χ1v) is 13.8. The van der Waals surface area contributed by atoms with Crippen molar-refractivity contribution in [1.29, 1.82) is 0 Å².